The number of para-hydroxylation sites is 1. The fourth-order valence-corrected chi connectivity index (χ4v) is 4.10. The van der Waals surface area contributed by atoms with Gasteiger partial charge in [0.25, 0.3) is 0 Å². The van der Waals surface area contributed by atoms with Crippen molar-refractivity contribution < 1.29 is 14.3 Å². The molecule has 9 heteroatoms. The quantitative estimate of drug-likeness (QED) is 0.453. The minimum absolute atomic E-state index is 0.0703. The summed E-state index contributed by atoms with van der Waals surface area (Å²) in [4.78, 5) is 32.6. The van der Waals surface area contributed by atoms with Gasteiger partial charge in [0.1, 0.15) is 11.1 Å². The summed E-state index contributed by atoms with van der Waals surface area (Å²) < 4.78 is 4.89. The smallest absolute Gasteiger partial charge is 0.311 e. The zero-order valence-corrected chi connectivity index (χ0v) is 17.5. The normalized spacial score (nSPS) is 10.5. The molecule has 3 rings (SSSR count). The zero-order valence-electron chi connectivity index (χ0n) is 15.9. The minimum atomic E-state index is -0.354. The van der Waals surface area contributed by atoms with Gasteiger partial charge in [0.15, 0.2) is 5.13 Å². The lowest BCUT2D eigenvalue weighted by molar-refractivity contribution is -0.142. The fourth-order valence-electron chi connectivity index (χ4n) is 2.61. The average Bonchev–Trinajstić information content (AvgIpc) is 3.12. The highest BCUT2D eigenvalue weighted by atomic mass is 32.2. The Morgan fingerprint density at radius 1 is 1.34 bits per heavy atom. The number of thiazole rings is 1. The first-order valence-electron chi connectivity index (χ1n) is 8.83. The number of anilines is 1. The number of nitrogens with zero attached hydrogens (tertiary/aromatic N) is 3. The van der Waals surface area contributed by atoms with E-state index in [1.807, 2.05) is 25.1 Å². The Balaban J connectivity index is 1.64. The number of ether oxygens (including phenoxy) is 1. The number of rotatable bonds is 7. The van der Waals surface area contributed by atoms with Gasteiger partial charge in [-0.1, -0.05) is 30.0 Å². The van der Waals surface area contributed by atoms with Crippen LogP contribution in [0.25, 0.3) is 10.9 Å². The predicted octanol–water partition coefficient (Wildman–Crippen LogP) is 3.71. The number of esters is 1. The van der Waals surface area contributed by atoms with Crippen LogP contribution in [0.4, 0.5) is 5.13 Å². The van der Waals surface area contributed by atoms with Crippen LogP contribution in [0.15, 0.2) is 34.7 Å². The van der Waals surface area contributed by atoms with Crippen LogP contribution in [0, 0.1) is 18.3 Å². The van der Waals surface area contributed by atoms with Crippen molar-refractivity contribution in [2.75, 3.05) is 17.7 Å². The molecule has 2 aromatic heterocycles. The molecular formula is C20H18N4O3S2. The van der Waals surface area contributed by atoms with Gasteiger partial charge < -0.3 is 10.1 Å². The van der Waals surface area contributed by atoms with E-state index in [-0.39, 0.29) is 24.1 Å². The van der Waals surface area contributed by atoms with Crippen LogP contribution in [0.3, 0.4) is 0 Å². The molecule has 0 fully saturated rings. The van der Waals surface area contributed by atoms with Crippen LogP contribution in [0.1, 0.15) is 23.7 Å². The first kappa shape index (κ1) is 20.8. The van der Waals surface area contributed by atoms with Gasteiger partial charge in [0.05, 0.1) is 35.6 Å². The maximum Gasteiger partial charge on any atom is 0.311 e. The van der Waals surface area contributed by atoms with Crippen LogP contribution < -0.4 is 5.32 Å². The summed E-state index contributed by atoms with van der Waals surface area (Å²) in [6.45, 7) is 4.02. The number of nitrogens with one attached hydrogen (secondary N) is 1. The van der Waals surface area contributed by atoms with Crippen molar-refractivity contribution in [2.45, 2.75) is 25.3 Å². The second kappa shape index (κ2) is 9.49. The molecule has 0 aliphatic carbocycles. The van der Waals surface area contributed by atoms with E-state index in [4.69, 9.17) is 4.74 Å². The Kier molecular flexibility index (Phi) is 6.80. The number of hydrogen-bond donors (Lipinski definition) is 1. The van der Waals surface area contributed by atoms with Crippen molar-refractivity contribution in [2.24, 2.45) is 0 Å². The largest absolute Gasteiger partial charge is 0.466 e. The molecule has 0 bridgehead atoms. The molecule has 0 saturated carbocycles. The van der Waals surface area contributed by atoms with Crippen molar-refractivity contribution in [3.63, 3.8) is 0 Å². The van der Waals surface area contributed by atoms with Gasteiger partial charge in [-0.05, 0) is 25.5 Å². The van der Waals surface area contributed by atoms with Gasteiger partial charge in [-0.3, -0.25) is 9.59 Å². The van der Waals surface area contributed by atoms with Crippen molar-refractivity contribution in [1.29, 1.82) is 5.26 Å². The third-order valence-corrected chi connectivity index (χ3v) is 5.70. The van der Waals surface area contributed by atoms with Crippen molar-refractivity contribution in [1.82, 2.24) is 9.97 Å². The maximum atomic E-state index is 12.3. The van der Waals surface area contributed by atoms with E-state index in [0.29, 0.717) is 28.0 Å². The van der Waals surface area contributed by atoms with Crippen LogP contribution in [-0.2, 0) is 20.7 Å². The van der Waals surface area contributed by atoms with E-state index in [1.165, 1.54) is 23.1 Å². The summed E-state index contributed by atoms with van der Waals surface area (Å²) in [6, 6.07) is 9.72. The fraction of sp³-hybridized carbons (Fsp3) is 0.250. The molecule has 1 N–H and O–H groups in total. The Hall–Kier alpha value is -2.96. The second-order valence-corrected chi connectivity index (χ2v) is 7.88. The van der Waals surface area contributed by atoms with E-state index < -0.39 is 0 Å². The molecule has 2 heterocycles. The van der Waals surface area contributed by atoms with Gasteiger partial charge >= 0.3 is 5.97 Å². The van der Waals surface area contributed by atoms with Crippen LogP contribution in [-0.4, -0.2) is 34.2 Å². The minimum Gasteiger partial charge on any atom is -0.466 e. The van der Waals surface area contributed by atoms with E-state index in [1.54, 1.807) is 18.4 Å². The molecule has 29 heavy (non-hydrogen) atoms. The number of carbonyl (C=O) groups excluding carboxylic acids is 2. The molecule has 0 spiro atoms. The van der Waals surface area contributed by atoms with Gasteiger partial charge in [0.2, 0.25) is 5.91 Å². The highest BCUT2D eigenvalue weighted by Gasteiger charge is 2.13. The van der Waals surface area contributed by atoms with Gasteiger partial charge in [-0.25, -0.2) is 9.97 Å². The molecule has 0 unspecified atom stereocenters. The van der Waals surface area contributed by atoms with Gasteiger partial charge in [0, 0.05) is 10.8 Å². The molecule has 1 aromatic carbocycles. The van der Waals surface area contributed by atoms with Crippen LogP contribution >= 0.6 is 23.1 Å². The molecule has 1 amide bonds. The highest BCUT2D eigenvalue weighted by Crippen LogP contribution is 2.26. The summed E-state index contributed by atoms with van der Waals surface area (Å²) in [5, 5.41) is 15.7. The molecule has 3 aromatic rings. The molecule has 0 saturated heterocycles. The van der Waals surface area contributed by atoms with E-state index >= 15 is 0 Å². The number of aryl methyl sites for hydroxylation is 1. The molecule has 0 aliphatic heterocycles. The summed E-state index contributed by atoms with van der Waals surface area (Å²) in [5.74, 6) is -0.526. The first-order valence-corrected chi connectivity index (χ1v) is 10.7. The lowest BCUT2D eigenvalue weighted by atomic mass is 10.1. The molecule has 148 valence electrons. The number of nitriles is 1. The summed E-state index contributed by atoms with van der Waals surface area (Å²) in [7, 11) is 0. The average molecular weight is 427 g/mol. The third kappa shape index (κ3) is 5.31. The Morgan fingerprint density at radius 2 is 2.17 bits per heavy atom. The first-order chi connectivity index (χ1) is 14.0. The number of aromatic nitrogens is 2. The van der Waals surface area contributed by atoms with E-state index in [0.717, 1.165) is 16.5 Å². The van der Waals surface area contributed by atoms with Crippen molar-refractivity contribution in [3.8, 4) is 6.07 Å². The lowest BCUT2D eigenvalue weighted by Gasteiger charge is -2.07. The number of carbonyl (C=O) groups is 2. The number of hydrogen-bond acceptors (Lipinski definition) is 8. The summed E-state index contributed by atoms with van der Waals surface area (Å²) >= 11 is 2.45. The Bertz CT molecular complexity index is 1100. The Morgan fingerprint density at radius 3 is 2.93 bits per heavy atom. The third-order valence-electron chi connectivity index (χ3n) is 3.90. The van der Waals surface area contributed by atoms with Gasteiger partial charge in [-0.15, -0.1) is 11.3 Å². The molecular weight excluding hydrogens is 408 g/mol. The number of fused-ring (bicyclic) bond motifs is 1. The number of amides is 1. The Labute approximate surface area is 176 Å². The highest BCUT2D eigenvalue weighted by molar-refractivity contribution is 8.00. The zero-order chi connectivity index (χ0) is 20.8. The SMILES string of the molecule is CCOC(=O)Cc1csc(NC(=O)CSc2nc3c(C)cccc3cc2C#N)n1. The number of thioether (sulfide) groups is 1. The number of pyridine rings is 1. The molecule has 0 aliphatic rings. The van der Waals surface area contributed by atoms with E-state index in [9.17, 15) is 14.9 Å². The standard InChI is InChI=1S/C20H18N4O3S2/c1-3-27-17(26)8-15-10-29-20(22-15)23-16(25)11-28-19-14(9-21)7-13-6-4-5-12(2)18(13)24-19/h4-7,10H,3,8,11H2,1-2H3,(H,22,23,25). The van der Waals surface area contributed by atoms with Crippen molar-refractivity contribution >= 4 is 51.0 Å². The van der Waals surface area contributed by atoms with E-state index in [2.05, 4.69) is 21.4 Å². The maximum absolute atomic E-state index is 12.3. The number of benzene rings is 1. The second-order valence-electron chi connectivity index (χ2n) is 6.06. The van der Waals surface area contributed by atoms with Crippen LogP contribution in [0.5, 0.6) is 0 Å². The predicted molar refractivity (Wildman–Crippen MR) is 113 cm³/mol. The summed E-state index contributed by atoms with van der Waals surface area (Å²) in [6.07, 6.45) is 0.0703. The topological polar surface area (TPSA) is 105 Å². The summed E-state index contributed by atoms with van der Waals surface area (Å²) in [5.41, 5.74) is 2.81. The lowest BCUT2D eigenvalue weighted by Crippen LogP contribution is -2.14. The van der Waals surface area contributed by atoms with Crippen LogP contribution in [0.2, 0.25) is 0 Å². The molecule has 0 atom stereocenters. The monoisotopic (exact) mass is 426 g/mol. The van der Waals surface area contributed by atoms with Gasteiger partial charge in [-0.2, -0.15) is 5.26 Å². The van der Waals surface area contributed by atoms with Crippen molar-refractivity contribution in [3.05, 3.63) is 46.5 Å². The molecule has 7 nitrogen and oxygen atoms in total. The molecule has 0 radical (unpaired) electrons.